The molecule has 0 heterocycles. The van der Waals surface area contributed by atoms with Crippen molar-refractivity contribution in [2.24, 2.45) is 5.92 Å². The average molecular weight is 315 g/mol. The smallest absolute Gasteiger partial charge is 0.221 e. The number of hydrogen-bond donors (Lipinski definition) is 2. The van der Waals surface area contributed by atoms with Gasteiger partial charge in [-0.1, -0.05) is 12.1 Å². The molecule has 0 saturated heterocycles. The van der Waals surface area contributed by atoms with Crippen LogP contribution in [0.15, 0.2) is 24.3 Å². The first-order valence-corrected chi connectivity index (χ1v) is 7.63. The predicted molar refractivity (Wildman–Crippen MR) is 84.3 cm³/mol. The molecule has 2 rings (SSSR count). The Morgan fingerprint density at radius 3 is 2.80 bits per heavy atom. The van der Waals surface area contributed by atoms with E-state index in [1.807, 2.05) is 24.3 Å². The molecule has 1 aliphatic rings. The second kappa shape index (κ2) is 6.33. The number of benzene rings is 1. The number of rotatable bonds is 6. The van der Waals surface area contributed by atoms with Gasteiger partial charge in [-0.25, -0.2) is 0 Å². The van der Waals surface area contributed by atoms with E-state index in [2.05, 4.69) is 17.6 Å². The molecule has 0 aliphatic heterocycles. The normalized spacial score (nSPS) is 21.3. The Morgan fingerprint density at radius 1 is 1.50 bits per heavy atom. The standard InChI is InChI=1S/C15H20Cl2N2O/c1-10(18-7-6-13-9-15(13,16)17)12-4-3-5-14(8-12)19-11(2)20/h3-5,8,10,13,18H,6-7,9H2,1-2H3,(H,19,20)/t10-,13+/m1/s1. The fraction of sp³-hybridized carbons (Fsp3) is 0.533. The van der Waals surface area contributed by atoms with Crippen molar-refractivity contribution >= 4 is 34.8 Å². The largest absolute Gasteiger partial charge is 0.326 e. The molecule has 2 atom stereocenters. The van der Waals surface area contributed by atoms with E-state index in [0.29, 0.717) is 5.92 Å². The van der Waals surface area contributed by atoms with Crippen LogP contribution in [0.25, 0.3) is 0 Å². The highest BCUT2D eigenvalue weighted by Gasteiger charge is 2.50. The van der Waals surface area contributed by atoms with Crippen molar-refractivity contribution in [2.75, 3.05) is 11.9 Å². The average Bonchev–Trinajstić information content (AvgIpc) is 2.96. The summed E-state index contributed by atoms with van der Waals surface area (Å²) in [5, 5.41) is 6.25. The topological polar surface area (TPSA) is 41.1 Å². The molecule has 0 radical (unpaired) electrons. The molecule has 2 N–H and O–H groups in total. The highest BCUT2D eigenvalue weighted by molar-refractivity contribution is 6.50. The van der Waals surface area contributed by atoms with Crippen molar-refractivity contribution in [3.05, 3.63) is 29.8 Å². The number of nitrogens with one attached hydrogen (secondary N) is 2. The fourth-order valence-corrected chi connectivity index (χ4v) is 2.85. The van der Waals surface area contributed by atoms with Crippen molar-refractivity contribution in [2.45, 2.75) is 37.1 Å². The first-order chi connectivity index (χ1) is 9.38. The van der Waals surface area contributed by atoms with Crippen LogP contribution in [0.5, 0.6) is 0 Å². The van der Waals surface area contributed by atoms with Crippen molar-refractivity contribution < 1.29 is 4.79 Å². The van der Waals surface area contributed by atoms with E-state index in [4.69, 9.17) is 23.2 Å². The van der Waals surface area contributed by atoms with Crippen LogP contribution in [0.2, 0.25) is 0 Å². The van der Waals surface area contributed by atoms with Gasteiger partial charge in [-0.3, -0.25) is 4.79 Å². The maximum atomic E-state index is 11.1. The summed E-state index contributed by atoms with van der Waals surface area (Å²) in [4.78, 5) is 11.1. The molecule has 1 aliphatic carbocycles. The summed E-state index contributed by atoms with van der Waals surface area (Å²) in [6, 6.07) is 8.10. The zero-order chi connectivity index (χ0) is 14.8. The van der Waals surface area contributed by atoms with E-state index >= 15 is 0 Å². The minimum Gasteiger partial charge on any atom is -0.326 e. The summed E-state index contributed by atoms with van der Waals surface area (Å²) < 4.78 is -0.490. The van der Waals surface area contributed by atoms with Crippen molar-refractivity contribution in [3.63, 3.8) is 0 Å². The summed E-state index contributed by atoms with van der Waals surface area (Å²) in [6.07, 6.45) is 1.88. The van der Waals surface area contributed by atoms with Crippen molar-refractivity contribution in [1.82, 2.24) is 5.32 Å². The van der Waals surface area contributed by atoms with Crippen LogP contribution in [-0.2, 0) is 4.79 Å². The van der Waals surface area contributed by atoms with Gasteiger partial charge in [0.25, 0.3) is 0 Å². The van der Waals surface area contributed by atoms with E-state index in [9.17, 15) is 4.79 Å². The highest BCUT2D eigenvalue weighted by Crippen LogP contribution is 2.54. The number of amides is 1. The number of carbonyl (C=O) groups is 1. The highest BCUT2D eigenvalue weighted by atomic mass is 35.5. The molecule has 1 aromatic rings. The Hall–Kier alpha value is -0.770. The van der Waals surface area contributed by atoms with Gasteiger partial charge in [0, 0.05) is 18.7 Å². The van der Waals surface area contributed by atoms with Crippen molar-refractivity contribution in [3.8, 4) is 0 Å². The number of alkyl halides is 2. The second-order valence-corrected chi connectivity index (χ2v) is 6.98. The van der Waals surface area contributed by atoms with Gasteiger partial charge in [-0.15, -0.1) is 23.2 Å². The Kier molecular flexibility index (Phi) is 4.95. The maximum absolute atomic E-state index is 11.1. The Balaban J connectivity index is 1.82. The van der Waals surface area contributed by atoms with Crippen LogP contribution in [0.4, 0.5) is 5.69 Å². The number of carbonyl (C=O) groups excluding carboxylic acids is 1. The maximum Gasteiger partial charge on any atom is 0.221 e. The predicted octanol–water partition coefficient (Wildman–Crippen LogP) is 3.88. The van der Waals surface area contributed by atoms with E-state index in [1.54, 1.807) is 0 Å². The molecule has 1 aromatic carbocycles. The number of halogens is 2. The molecule has 3 nitrogen and oxygen atoms in total. The summed E-state index contributed by atoms with van der Waals surface area (Å²) in [7, 11) is 0. The lowest BCUT2D eigenvalue weighted by Crippen LogP contribution is -2.21. The van der Waals surface area contributed by atoms with Crippen molar-refractivity contribution in [1.29, 1.82) is 0 Å². The molecule has 1 amide bonds. The third kappa shape index (κ3) is 4.37. The lowest BCUT2D eigenvalue weighted by molar-refractivity contribution is -0.114. The quantitative estimate of drug-likeness (QED) is 0.782. The summed E-state index contributed by atoms with van der Waals surface area (Å²) in [5.74, 6) is 0.355. The zero-order valence-electron chi connectivity index (χ0n) is 11.7. The molecule has 5 heteroatoms. The molecule has 1 saturated carbocycles. The lowest BCUT2D eigenvalue weighted by atomic mass is 10.1. The van der Waals surface area contributed by atoms with Crippen LogP contribution in [-0.4, -0.2) is 16.8 Å². The molecule has 0 aromatic heterocycles. The molecular weight excluding hydrogens is 295 g/mol. The number of hydrogen-bond acceptors (Lipinski definition) is 2. The Labute approximate surface area is 130 Å². The van der Waals surface area contributed by atoms with Crippen LogP contribution in [0, 0.1) is 5.92 Å². The van der Waals surface area contributed by atoms with E-state index < -0.39 is 4.33 Å². The van der Waals surface area contributed by atoms with Gasteiger partial charge in [0.2, 0.25) is 5.91 Å². The summed E-state index contributed by atoms with van der Waals surface area (Å²) in [6.45, 7) is 4.50. The molecule has 0 unspecified atom stereocenters. The Morgan fingerprint density at radius 2 is 2.20 bits per heavy atom. The SMILES string of the molecule is CC(=O)Nc1cccc([C@@H](C)NCC[C@H]2CC2(Cl)Cl)c1. The minimum atomic E-state index is -0.490. The molecule has 0 spiro atoms. The first kappa shape index (κ1) is 15.6. The van der Waals surface area contributed by atoms with Gasteiger partial charge < -0.3 is 10.6 Å². The molecule has 110 valence electrons. The zero-order valence-corrected chi connectivity index (χ0v) is 13.3. The monoisotopic (exact) mass is 314 g/mol. The lowest BCUT2D eigenvalue weighted by Gasteiger charge is -2.15. The van der Waals surface area contributed by atoms with E-state index in [1.165, 1.54) is 6.92 Å². The van der Waals surface area contributed by atoms with Crippen LogP contribution >= 0.6 is 23.2 Å². The number of anilines is 1. The van der Waals surface area contributed by atoms with E-state index in [-0.39, 0.29) is 11.9 Å². The van der Waals surface area contributed by atoms with Gasteiger partial charge in [0.1, 0.15) is 4.33 Å². The minimum absolute atomic E-state index is 0.0583. The third-order valence-electron chi connectivity index (χ3n) is 3.61. The van der Waals surface area contributed by atoms with Crippen LogP contribution < -0.4 is 10.6 Å². The first-order valence-electron chi connectivity index (χ1n) is 6.87. The molecule has 20 heavy (non-hydrogen) atoms. The van der Waals surface area contributed by atoms with Gasteiger partial charge in [-0.2, -0.15) is 0 Å². The van der Waals surface area contributed by atoms with Gasteiger partial charge in [-0.05, 0) is 49.9 Å². The summed E-state index contributed by atoms with van der Waals surface area (Å²) >= 11 is 12.0. The van der Waals surface area contributed by atoms with E-state index in [0.717, 1.165) is 30.6 Å². The molecule has 0 bridgehead atoms. The summed E-state index contributed by atoms with van der Waals surface area (Å²) in [5.41, 5.74) is 1.97. The molecule has 1 fully saturated rings. The van der Waals surface area contributed by atoms with Crippen LogP contribution in [0.1, 0.15) is 38.3 Å². The van der Waals surface area contributed by atoms with Gasteiger partial charge in [0.05, 0.1) is 0 Å². The van der Waals surface area contributed by atoms with Crippen LogP contribution in [0.3, 0.4) is 0 Å². The fourth-order valence-electron chi connectivity index (χ4n) is 2.26. The second-order valence-electron chi connectivity index (χ2n) is 5.43. The Bertz CT molecular complexity index is 491. The third-order valence-corrected chi connectivity index (χ3v) is 4.53. The molecular formula is C15H20Cl2N2O. The van der Waals surface area contributed by atoms with Gasteiger partial charge >= 0.3 is 0 Å². The van der Waals surface area contributed by atoms with Gasteiger partial charge in [0.15, 0.2) is 0 Å².